The highest BCUT2D eigenvalue weighted by Gasteiger charge is 2.23. The predicted octanol–water partition coefficient (Wildman–Crippen LogP) is 7.03. The molecule has 2 aromatic heterocycles. The first kappa shape index (κ1) is 16.4. The number of H-pyrrole nitrogens is 1. The maximum absolute atomic E-state index is 3.61. The Labute approximate surface area is 153 Å². The second-order valence-corrected chi connectivity index (χ2v) is 9.12. The van der Waals surface area contributed by atoms with Crippen molar-refractivity contribution in [1.29, 1.82) is 0 Å². The molecule has 1 nitrogen and oxygen atoms in total. The summed E-state index contributed by atoms with van der Waals surface area (Å²) in [6, 6.07) is 20.1. The van der Waals surface area contributed by atoms with Crippen LogP contribution in [-0.4, -0.2) is 4.98 Å². The third-order valence-corrected chi connectivity index (χ3v) is 6.48. The molecule has 0 aliphatic rings. The van der Waals surface area contributed by atoms with Gasteiger partial charge in [0.25, 0.3) is 0 Å². The van der Waals surface area contributed by atoms with Gasteiger partial charge in [0.15, 0.2) is 0 Å². The van der Waals surface area contributed by atoms with Gasteiger partial charge in [0.2, 0.25) is 0 Å². The zero-order valence-corrected chi connectivity index (χ0v) is 16.2. The second-order valence-electron chi connectivity index (χ2n) is 8.01. The van der Waals surface area contributed by atoms with Crippen LogP contribution in [0, 0.1) is 0 Å². The summed E-state index contributed by atoms with van der Waals surface area (Å²) in [7, 11) is 0. The van der Waals surface area contributed by atoms with Gasteiger partial charge in [-0.25, -0.2) is 0 Å². The molecule has 4 aromatic rings. The van der Waals surface area contributed by atoms with Crippen molar-refractivity contribution in [3.05, 3.63) is 70.7 Å². The maximum atomic E-state index is 3.61. The minimum atomic E-state index is 0.0742. The molecule has 0 bridgehead atoms. The Hall–Kier alpha value is -2.06. The smallest absolute Gasteiger partial charge is 0.0456 e. The molecule has 0 aliphatic carbocycles. The van der Waals surface area contributed by atoms with Crippen molar-refractivity contribution in [3.63, 3.8) is 0 Å². The Kier molecular flexibility index (Phi) is 3.96. The lowest BCUT2D eigenvalue weighted by atomic mass is 9.82. The van der Waals surface area contributed by atoms with Crippen molar-refractivity contribution >= 4 is 32.3 Å². The standard InChI is InChI=1S/C23H25NS/c1-15(2)20-12-18-10-9-16(11-21(18)25-20)14-23(3,4)22-13-17-7-5-6-8-19(17)24-22/h5-13,15,24H,14H2,1-4H3. The van der Waals surface area contributed by atoms with Gasteiger partial charge in [-0.05, 0) is 52.9 Å². The molecule has 25 heavy (non-hydrogen) atoms. The molecule has 0 saturated carbocycles. The van der Waals surface area contributed by atoms with Crippen LogP contribution >= 0.6 is 11.3 Å². The number of hydrogen-bond donors (Lipinski definition) is 1. The third-order valence-electron chi connectivity index (χ3n) is 5.08. The van der Waals surface area contributed by atoms with Gasteiger partial charge in [-0.2, -0.15) is 0 Å². The van der Waals surface area contributed by atoms with E-state index in [1.807, 2.05) is 11.3 Å². The summed E-state index contributed by atoms with van der Waals surface area (Å²) in [6.07, 6.45) is 1.03. The molecular weight excluding hydrogens is 322 g/mol. The Morgan fingerprint density at radius 1 is 0.960 bits per heavy atom. The number of nitrogens with one attached hydrogen (secondary N) is 1. The molecule has 0 atom stereocenters. The Morgan fingerprint density at radius 2 is 1.76 bits per heavy atom. The van der Waals surface area contributed by atoms with Gasteiger partial charge in [0, 0.05) is 26.2 Å². The van der Waals surface area contributed by atoms with Crippen molar-refractivity contribution in [2.75, 3.05) is 0 Å². The highest BCUT2D eigenvalue weighted by atomic mass is 32.1. The topological polar surface area (TPSA) is 15.8 Å². The van der Waals surface area contributed by atoms with Gasteiger partial charge in [-0.1, -0.05) is 58.0 Å². The van der Waals surface area contributed by atoms with E-state index in [9.17, 15) is 0 Å². The lowest BCUT2D eigenvalue weighted by molar-refractivity contribution is 0.510. The van der Waals surface area contributed by atoms with Gasteiger partial charge in [0.05, 0.1) is 0 Å². The second kappa shape index (κ2) is 6.03. The van der Waals surface area contributed by atoms with E-state index in [1.165, 1.54) is 37.1 Å². The van der Waals surface area contributed by atoms with Crippen LogP contribution in [0.1, 0.15) is 49.7 Å². The van der Waals surface area contributed by atoms with Gasteiger partial charge >= 0.3 is 0 Å². The Morgan fingerprint density at radius 3 is 2.52 bits per heavy atom. The van der Waals surface area contributed by atoms with Crippen LogP contribution in [0.3, 0.4) is 0 Å². The number of rotatable bonds is 4. The van der Waals surface area contributed by atoms with E-state index in [2.05, 4.69) is 87.3 Å². The quantitative estimate of drug-likeness (QED) is 0.408. The van der Waals surface area contributed by atoms with E-state index in [0.717, 1.165) is 6.42 Å². The molecule has 128 valence electrons. The number of thiophene rings is 1. The molecule has 0 fully saturated rings. The fourth-order valence-corrected chi connectivity index (χ4v) is 4.66. The lowest BCUT2D eigenvalue weighted by Gasteiger charge is -2.23. The average Bonchev–Trinajstić information content (AvgIpc) is 3.18. The molecule has 2 heteroatoms. The molecule has 0 spiro atoms. The van der Waals surface area contributed by atoms with Crippen molar-refractivity contribution < 1.29 is 0 Å². The van der Waals surface area contributed by atoms with Crippen LogP contribution in [0.15, 0.2) is 54.6 Å². The first-order valence-corrected chi connectivity index (χ1v) is 9.85. The summed E-state index contributed by atoms with van der Waals surface area (Å²) in [5.41, 5.74) is 4.02. The minimum absolute atomic E-state index is 0.0742. The van der Waals surface area contributed by atoms with E-state index in [-0.39, 0.29) is 5.41 Å². The number of benzene rings is 2. The lowest BCUT2D eigenvalue weighted by Crippen LogP contribution is -2.20. The van der Waals surface area contributed by atoms with E-state index in [4.69, 9.17) is 0 Å². The summed E-state index contributed by atoms with van der Waals surface area (Å²) < 4.78 is 1.41. The highest BCUT2D eigenvalue weighted by molar-refractivity contribution is 7.19. The van der Waals surface area contributed by atoms with E-state index in [0.29, 0.717) is 5.92 Å². The molecule has 1 N–H and O–H groups in total. The van der Waals surface area contributed by atoms with Crippen LogP contribution < -0.4 is 0 Å². The van der Waals surface area contributed by atoms with Crippen molar-refractivity contribution in [2.24, 2.45) is 0 Å². The zero-order chi connectivity index (χ0) is 17.6. The zero-order valence-electron chi connectivity index (χ0n) is 15.4. The highest BCUT2D eigenvalue weighted by Crippen LogP contribution is 2.34. The van der Waals surface area contributed by atoms with Gasteiger partial charge in [0.1, 0.15) is 0 Å². The van der Waals surface area contributed by atoms with Crippen LogP contribution in [-0.2, 0) is 11.8 Å². The monoisotopic (exact) mass is 347 g/mol. The van der Waals surface area contributed by atoms with Gasteiger partial charge in [-0.3, -0.25) is 0 Å². The summed E-state index contributed by atoms with van der Waals surface area (Å²) in [5.74, 6) is 0.601. The SMILES string of the molecule is CC(C)c1cc2ccc(CC(C)(C)c3cc4ccccc4[nH]3)cc2s1. The first-order valence-electron chi connectivity index (χ1n) is 9.03. The summed E-state index contributed by atoms with van der Waals surface area (Å²) in [5, 5.41) is 2.67. The Bertz CT molecular complexity index is 1000. The first-order chi connectivity index (χ1) is 11.9. The molecule has 0 aliphatic heterocycles. The van der Waals surface area contributed by atoms with Crippen molar-refractivity contribution in [3.8, 4) is 0 Å². The van der Waals surface area contributed by atoms with Crippen LogP contribution in [0.4, 0.5) is 0 Å². The largest absolute Gasteiger partial charge is 0.358 e. The predicted molar refractivity (Wildman–Crippen MR) is 111 cm³/mol. The summed E-state index contributed by atoms with van der Waals surface area (Å²) in [4.78, 5) is 5.09. The molecular formula is C23H25NS. The number of hydrogen-bond acceptors (Lipinski definition) is 1. The molecule has 0 amide bonds. The Balaban J connectivity index is 1.66. The third kappa shape index (κ3) is 3.11. The number of para-hydroxylation sites is 1. The van der Waals surface area contributed by atoms with Crippen LogP contribution in [0.5, 0.6) is 0 Å². The van der Waals surface area contributed by atoms with Crippen LogP contribution in [0.2, 0.25) is 0 Å². The molecule has 2 aromatic carbocycles. The normalized spacial score (nSPS) is 12.5. The van der Waals surface area contributed by atoms with E-state index < -0.39 is 0 Å². The van der Waals surface area contributed by atoms with E-state index >= 15 is 0 Å². The number of aromatic nitrogens is 1. The maximum Gasteiger partial charge on any atom is 0.0456 e. The van der Waals surface area contributed by atoms with Crippen molar-refractivity contribution in [2.45, 2.75) is 45.4 Å². The molecule has 0 radical (unpaired) electrons. The number of fused-ring (bicyclic) bond motifs is 2. The molecule has 4 rings (SSSR count). The minimum Gasteiger partial charge on any atom is -0.358 e. The van der Waals surface area contributed by atoms with Crippen molar-refractivity contribution in [1.82, 2.24) is 4.98 Å². The summed E-state index contributed by atoms with van der Waals surface area (Å²) >= 11 is 1.94. The fraction of sp³-hybridized carbons (Fsp3) is 0.304. The molecule has 0 saturated heterocycles. The average molecular weight is 348 g/mol. The number of aromatic amines is 1. The van der Waals surface area contributed by atoms with E-state index in [1.54, 1.807) is 0 Å². The fourth-order valence-electron chi connectivity index (χ4n) is 3.53. The summed E-state index contributed by atoms with van der Waals surface area (Å²) in [6.45, 7) is 9.20. The van der Waals surface area contributed by atoms with Gasteiger partial charge < -0.3 is 4.98 Å². The molecule has 0 unspecified atom stereocenters. The molecule has 2 heterocycles. The van der Waals surface area contributed by atoms with Crippen LogP contribution in [0.25, 0.3) is 21.0 Å². The van der Waals surface area contributed by atoms with Gasteiger partial charge in [-0.15, -0.1) is 11.3 Å².